The molecule has 1 aromatic heterocycles. The summed E-state index contributed by atoms with van der Waals surface area (Å²) >= 11 is 0. The average Bonchev–Trinajstić information content (AvgIpc) is 2.61. The van der Waals surface area contributed by atoms with E-state index in [2.05, 4.69) is 36.4 Å². The monoisotopic (exact) mass is 203 g/mol. The van der Waals surface area contributed by atoms with Crippen LogP contribution < -0.4 is 5.73 Å². The van der Waals surface area contributed by atoms with Crippen LogP contribution in [0.5, 0.6) is 0 Å². The summed E-state index contributed by atoms with van der Waals surface area (Å²) in [5.41, 5.74) is 8.16. The Balaban J connectivity index is 2.49. The van der Waals surface area contributed by atoms with Crippen molar-refractivity contribution in [1.82, 2.24) is 9.78 Å². The molecule has 0 aliphatic rings. The summed E-state index contributed by atoms with van der Waals surface area (Å²) in [6.45, 7) is 5.03. The first-order chi connectivity index (χ1) is 7.20. The molecular weight excluding hydrogens is 186 g/mol. The Morgan fingerprint density at radius 3 is 2.93 bits per heavy atom. The second-order valence-corrected chi connectivity index (χ2v) is 4.02. The number of nitrogens with zero attached hydrogens (tertiary/aromatic N) is 2. The van der Waals surface area contributed by atoms with Gasteiger partial charge in [-0.25, -0.2) is 0 Å². The number of nitrogens with two attached hydrogens (primary N) is 1. The SMILES string of the molecule is CCn1cc2cccc(CC(C)N)c2n1. The summed E-state index contributed by atoms with van der Waals surface area (Å²) in [7, 11) is 0. The number of aryl methyl sites for hydroxylation is 1. The summed E-state index contributed by atoms with van der Waals surface area (Å²) in [4.78, 5) is 0. The molecule has 0 fully saturated rings. The van der Waals surface area contributed by atoms with E-state index in [9.17, 15) is 0 Å². The van der Waals surface area contributed by atoms with Gasteiger partial charge in [0.15, 0.2) is 0 Å². The molecule has 2 aromatic rings. The molecule has 1 aromatic carbocycles. The zero-order valence-corrected chi connectivity index (χ0v) is 9.27. The third kappa shape index (κ3) is 2.02. The van der Waals surface area contributed by atoms with Crippen LogP contribution in [0.3, 0.4) is 0 Å². The molecule has 2 rings (SSSR count). The van der Waals surface area contributed by atoms with Crippen LogP contribution in [-0.4, -0.2) is 15.8 Å². The summed E-state index contributed by atoms with van der Waals surface area (Å²) in [6.07, 6.45) is 2.97. The Labute approximate surface area is 89.9 Å². The van der Waals surface area contributed by atoms with Gasteiger partial charge in [0.25, 0.3) is 0 Å². The van der Waals surface area contributed by atoms with Crippen molar-refractivity contribution >= 4 is 10.9 Å². The Morgan fingerprint density at radius 2 is 2.27 bits per heavy atom. The molecule has 1 atom stereocenters. The maximum absolute atomic E-state index is 5.82. The van der Waals surface area contributed by atoms with E-state index in [0.29, 0.717) is 0 Å². The zero-order chi connectivity index (χ0) is 10.8. The molecule has 80 valence electrons. The maximum Gasteiger partial charge on any atom is 0.0955 e. The van der Waals surface area contributed by atoms with Crippen LogP contribution in [0.2, 0.25) is 0 Å². The first kappa shape index (κ1) is 10.2. The van der Waals surface area contributed by atoms with Gasteiger partial charge in [0, 0.05) is 24.2 Å². The van der Waals surface area contributed by atoms with Crippen molar-refractivity contribution in [2.24, 2.45) is 5.73 Å². The normalized spacial score (nSPS) is 13.3. The van der Waals surface area contributed by atoms with Gasteiger partial charge in [-0.2, -0.15) is 5.10 Å². The van der Waals surface area contributed by atoms with Crippen molar-refractivity contribution in [3.05, 3.63) is 30.0 Å². The second kappa shape index (κ2) is 4.03. The Kier molecular flexibility index (Phi) is 2.73. The van der Waals surface area contributed by atoms with Gasteiger partial charge in [0.1, 0.15) is 0 Å². The van der Waals surface area contributed by atoms with Crippen LogP contribution in [-0.2, 0) is 13.0 Å². The highest BCUT2D eigenvalue weighted by Crippen LogP contribution is 2.18. The molecule has 0 saturated carbocycles. The zero-order valence-electron chi connectivity index (χ0n) is 9.27. The topological polar surface area (TPSA) is 43.8 Å². The lowest BCUT2D eigenvalue weighted by Gasteiger charge is -2.05. The summed E-state index contributed by atoms with van der Waals surface area (Å²) < 4.78 is 1.97. The number of hydrogen-bond donors (Lipinski definition) is 1. The van der Waals surface area contributed by atoms with Gasteiger partial charge in [0.05, 0.1) is 5.52 Å². The van der Waals surface area contributed by atoms with E-state index in [1.165, 1.54) is 10.9 Å². The number of benzene rings is 1. The fourth-order valence-electron chi connectivity index (χ4n) is 1.83. The molecule has 1 heterocycles. The Hall–Kier alpha value is -1.35. The third-order valence-corrected chi connectivity index (χ3v) is 2.53. The van der Waals surface area contributed by atoms with Crippen LogP contribution >= 0.6 is 0 Å². The van der Waals surface area contributed by atoms with Crippen molar-refractivity contribution in [1.29, 1.82) is 0 Å². The van der Waals surface area contributed by atoms with E-state index in [1.54, 1.807) is 0 Å². The number of fused-ring (bicyclic) bond motifs is 1. The predicted molar refractivity (Wildman–Crippen MR) is 62.8 cm³/mol. The van der Waals surface area contributed by atoms with E-state index >= 15 is 0 Å². The smallest absolute Gasteiger partial charge is 0.0955 e. The van der Waals surface area contributed by atoms with E-state index < -0.39 is 0 Å². The lowest BCUT2D eigenvalue weighted by molar-refractivity contribution is 0.665. The van der Waals surface area contributed by atoms with Crippen molar-refractivity contribution in [2.45, 2.75) is 32.9 Å². The first-order valence-electron chi connectivity index (χ1n) is 5.41. The average molecular weight is 203 g/mol. The van der Waals surface area contributed by atoms with Crippen LogP contribution in [0.25, 0.3) is 10.9 Å². The molecule has 1 unspecified atom stereocenters. The largest absolute Gasteiger partial charge is 0.328 e. The van der Waals surface area contributed by atoms with Crippen molar-refractivity contribution in [3.8, 4) is 0 Å². The van der Waals surface area contributed by atoms with E-state index in [-0.39, 0.29) is 6.04 Å². The molecule has 0 amide bonds. The highest BCUT2D eigenvalue weighted by Gasteiger charge is 2.06. The van der Waals surface area contributed by atoms with Crippen LogP contribution in [0.15, 0.2) is 24.4 Å². The minimum Gasteiger partial charge on any atom is -0.328 e. The summed E-state index contributed by atoms with van der Waals surface area (Å²) in [5.74, 6) is 0. The maximum atomic E-state index is 5.82. The van der Waals surface area contributed by atoms with Crippen LogP contribution in [0.1, 0.15) is 19.4 Å². The molecular formula is C12H17N3. The molecule has 3 heteroatoms. The van der Waals surface area contributed by atoms with E-state index in [1.807, 2.05) is 11.6 Å². The molecule has 0 spiro atoms. The predicted octanol–water partition coefficient (Wildman–Crippen LogP) is 1.95. The molecule has 0 aliphatic heterocycles. The molecule has 2 N–H and O–H groups in total. The summed E-state index contributed by atoms with van der Waals surface area (Å²) in [5, 5.41) is 5.75. The van der Waals surface area contributed by atoms with Crippen molar-refractivity contribution in [3.63, 3.8) is 0 Å². The highest BCUT2D eigenvalue weighted by molar-refractivity contribution is 5.81. The molecule has 0 bridgehead atoms. The number of rotatable bonds is 3. The van der Waals surface area contributed by atoms with E-state index in [4.69, 9.17) is 5.73 Å². The van der Waals surface area contributed by atoms with Crippen molar-refractivity contribution in [2.75, 3.05) is 0 Å². The lowest BCUT2D eigenvalue weighted by atomic mass is 10.1. The quantitative estimate of drug-likeness (QED) is 0.828. The molecule has 3 nitrogen and oxygen atoms in total. The van der Waals surface area contributed by atoms with Gasteiger partial charge in [-0.05, 0) is 25.8 Å². The lowest BCUT2D eigenvalue weighted by Crippen LogP contribution is -2.17. The fraction of sp³-hybridized carbons (Fsp3) is 0.417. The summed E-state index contributed by atoms with van der Waals surface area (Å²) in [6, 6.07) is 6.46. The van der Waals surface area contributed by atoms with Gasteiger partial charge in [-0.15, -0.1) is 0 Å². The Morgan fingerprint density at radius 1 is 1.47 bits per heavy atom. The molecule has 0 saturated heterocycles. The van der Waals surface area contributed by atoms with Gasteiger partial charge in [-0.3, -0.25) is 4.68 Å². The van der Waals surface area contributed by atoms with Crippen molar-refractivity contribution < 1.29 is 0 Å². The number of aromatic nitrogens is 2. The second-order valence-electron chi connectivity index (χ2n) is 4.02. The highest BCUT2D eigenvalue weighted by atomic mass is 15.3. The van der Waals surface area contributed by atoms with Gasteiger partial charge >= 0.3 is 0 Å². The van der Waals surface area contributed by atoms with Crippen LogP contribution in [0, 0.1) is 0 Å². The minimum absolute atomic E-state index is 0.183. The third-order valence-electron chi connectivity index (χ3n) is 2.53. The Bertz CT molecular complexity index is 457. The fourth-order valence-corrected chi connectivity index (χ4v) is 1.83. The minimum atomic E-state index is 0.183. The van der Waals surface area contributed by atoms with Gasteiger partial charge in [0.2, 0.25) is 0 Å². The molecule has 15 heavy (non-hydrogen) atoms. The standard InChI is InChI=1S/C12H17N3/c1-3-15-8-11-6-4-5-10(7-9(2)13)12(11)14-15/h4-6,8-9H,3,7,13H2,1-2H3. The number of hydrogen-bond acceptors (Lipinski definition) is 2. The molecule has 0 radical (unpaired) electrons. The van der Waals surface area contributed by atoms with Crippen LogP contribution in [0.4, 0.5) is 0 Å². The van der Waals surface area contributed by atoms with Gasteiger partial charge in [-0.1, -0.05) is 18.2 Å². The first-order valence-corrected chi connectivity index (χ1v) is 5.41. The molecule has 0 aliphatic carbocycles. The van der Waals surface area contributed by atoms with Gasteiger partial charge < -0.3 is 5.73 Å². The van der Waals surface area contributed by atoms with E-state index in [0.717, 1.165) is 18.5 Å².